The third-order valence-electron chi connectivity index (χ3n) is 5.54. The molecule has 1 saturated carbocycles. The van der Waals surface area contributed by atoms with Crippen LogP contribution in [0.3, 0.4) is 0 Å². The molecule has 0 unspecified atom stereocenters. The minimum Gasteiger partial charge on any atom is -0.388 e. The Balaban J connectivity index is 0.000000232. The normalized spacial score (nSPS) is 15.2. The third-order valence-corrected chi connectivity index (χ3v) is 5.54. The van der Waals surface area contributed by atoms with Crippen molar-refractivity contribution >= 4 is 23.5 Å². The molecule has 0 heterocycles. The minimum absolute atomic E-state index is 0.300. The molecule has 0 bridgehead atoms. The van der Waals surface area contributed by atoms with Crippen LogP contribution in [0.2, 0.25) is 0 Å². The first-order chi connectivity index (χ1) is 14.6. The smallest absolute Gasteiger partial charge is 0.0337 e. The maximum absolute atomic E-state index is 3.67. The fraction of sp³-hybridized carbons (Fsp3) is 0.321. The van der Waals surface area contributed by atoms with Gasteiger partial charge >= 0.3 is 0 Å². The molecule has 3 rings (SSSR count). The molecule has 0 saturated heterocycles. The molecule has 0 amide bonds. The largest absolute Gasteiger partial charge is 0.388 e. The lowest BCUT2D eigenvalue weighted by Crippen LogP contribution is -2.18. The molecule has 1 fully saturated rings. The number of rotatable bonds is 6. The summed E-state index contributed by atoms with van der Waals surface area (Å²) in [6, 6.07) is 16.7. The van der Waals surface area contributed by atoms with Crippen LogP contribution in [0.15, 0.2) is 79.1 Å². The van der Waals surface area contributed by atoms with Crippen molar-refractivity contribution in [3.8, 4) is 0 Å². The molecule has 0 spiro atoms. The van der Waals surface area contributed by atoms with E-state index >= 15 is 0 Å². The van der Waals surface area contributed by atoms with Crippen molar-refractivity contribution in [3.05, 3.63) is 90.2 Å². The van der Waals surface area contributed by atoms with Crippen LogP contribution in [0.5, 0.6) is 0 Å². The van der Waals surface area contributed by atoms with E-state index in [1.807, 2.05) is 14.1 Å². The van der Waals surface area contributed by atoms with Crippen molar-refractivity contribution in [1.29, 1.82) is 0 Å². The van der Waals surface area contributed by atoms with Gasteiger partial charge in [0.25, 0.3) is 0 Å². The second-order valence-corrected chi connectivity index (χ2v) is 7.72. The van der Waals surface area contributed by atoms with Crippen molar-refractivity contribution in [2.75, 3.05) is 24.7 Å². The SMILES string of the molecule is C=C=CC1(/C=C\C)CCCCC1.CNc1ccc(/C=C\c2ccc(NC)cc2)cc1. The molecule has 0 aliphatic heterocycles. The second kappa shape index (κ2) is 12.6. The van der Waals surface area contributed by atoms with Gasteiger partial charge in [0.15, 0.2) is 0 Å². The molecule has 158 valence electrons. The molecule has 0 atom stereocenters. The summed E-state index contributed by atoms with van der Waals surface area (Å²) in [5.41, 5.74) is 7.90. The monoisotopic (exact) mass is 400 g/mol. The molecular weight excluding hydrogens is 364 g/mol. The number of hydrogen-bond acceptors (Lipinski definition) is 2. The first-order valence-corrected chi connectivity index (χ1v) is 10.9. The van der Waals surface area contributed by atoms with Crippen LogP contribution >= 0.6 is 0 Å². The molecule has 2 aromatic rings. The summed E-state index contributed by atoms with van der Waals surface area (Å²) in [7, 11) is 3.85. The first-order valence-electron chi connectivity index (χ1n) is 10.9. The highest BCUT2D eigenvalue weighted by Gasteiger charge is 2.25. The molecule has 2 nitrogen and oxygen atoms in total. The number of anilines is 2. The molecule has 1 aliphatic rings. The van der Waals surface area contributed by atoms with E-state index in [4.69, 9.17) is 0 Å². The summed E-state index contributed by atoms with van der Waals surface area (Å²) < 4.78 is 0. The topological polar surface area (TPSA) is 24.1 Å². The van der Waals surface area contributed by atoms with Crippen molar-refractivity contribution in [2.45, 2.75) is 39.0 Å². The maximum atomic E-state index is 3.67. The Bertz CT molecular complexity index is 795. The van der Waals surface area contributed by atoms with Crippen LogP contribution in [0.4, 0.5) is 11.4 Å². The Morgan fingerprint density at radius 3 is 1.63 bits per heavy atom. The summed E-state index contributed by atoms with van der Waals surface area (Å²) in [5, 5.41) is 6.22. The van der Waals surface area contributed by atoms with Crippen molar-refractivity contribution in [3.63, 3.8) is 0 Å². The van der Waals surface area contributed by atoms with E-state index in [0.29, 0.717) is 5.41 Å². The summed E-state index contributed by atoms with van der Waals surface area (Å²) in [6.07, 6.45) is 17.5. The summed E-state index contributed by atoms with van der Waals surface area (Å²) in [5.74, 6) is 0. The fourth-order valence-electron chi connectivity index (χ4n) is 3.82. The Kier molecular flexibility index (Phi) is 9.77. The minimum atomic E-state index is 0.300. The lowest BCUT2D eigenvalue weighted by molar-refractivity contribution is 0.326. The zero-order valence-electron chi connectivity index (χ0n) is 18.7. The summed E-state index contributed by atoms with van der Waals surface area (Å²) in [4.78, 5) is 0. The van der Waals surface area contributed by atoms with E-state index in [-0.39, 0.29) is 0 Å². The van der Waals surface area contributed by atoms with Crippen LogP contribution in [-0.2, 0) is 0 Å². The zero-order chi connectivity index (χ0) is 21.7. The Hall–Kier alpha value is -2.96. The molecule has 2 heteroatoms. The number of benzene rings is 2. The van der Waals surface area contributed by atoms with E-state index in [1.54, 1.807) is 0 Å². The lowest BCUT2D eigenvalue weighted by atomic mass is 9.74. The Morgan fingerprint density at radius 2 is 1.27 bits per heavy atom. The summed E-state index contributed by atoms with van der Waals surface area (Å²) >= 11 is 0. The zero-order valence-corrected chi connectivity index (χ0v) is 18.7. The highest BCUT2D eigenvalue weighted by atomic mass is 14.8. The van der Waals surface area contributed by atoms with Gasteiger partial charge in [-0.3, -0.25) is 0 Å². The van der Waals surface area contributed by atoms with Gasteiger partial charge in [0.05, 0.1) is 0 Å². The van der Waals surface area contributed by atoms with Crippen LogP contribution in [-0.4, -0.2) is 14.1 Å². The molecule has 0 aromatic heterocycles. The van der Waals surface area contributed by atoms with E-state index in [2.05, 4.69) is 109 Å². The van der Waals surface area contributed by atoms with Crippen LogP contribution < -0.4 is 10.6 Å². The quantitative estimate of drug-likeness (QED) is 0.294. The standard InChI is InChI=1S/C16H18N2.C12H18/c1-17-15-9-5-13(6-10-15)3-4-14-7-11-16(18-2)12-8-14;1-3-8-12(9-4-2)10-6-5-7-11-12/h3-12,17-18H,1-2H3;4,8-9H,1,5-7,10-11H2,2H3/b4-3-;9-4-. The summed E-state index contributed by atoms with van der Waals surface area (Å²) in [6.45, 7) is 5.76. The first kappa shape index (κ1) is 23.3. The van der Waals surface area contributed by atoms with E-state index in [9.17, 15) is 0 Å². The van der Waals surface area contributed by atoms with Crippen molar-refractivity contribution in [2.24, 2.45) is 5.41 Å². The molecule has 1 aliphatic carbocycles. The fourth-order valence-corrected chi connectivity index (χ4v) is 3.82. The van der Waals surface area contributed by atoms with E-state index in [1.165, 1.54) is 43.2 Å². The predicted octanol–water partition coefficient (Wildman–Crippen LogP) is 7.79. The highest BCUT2D eigenvalue weighted by Crippen LogP contribution is 2.38. The third kappa shape index (κ3) is 7.46. The molecule has 2 aromatic carbocycles. The molecule has 30 heavy (non-hydrogen) atoms. The van der Waals surface area contributed by atoms with E-state index < -0.39 is 0 Å². The molecule has 2 N–H and O–H groups in total. The highest BCUT2D eigenvalue weighted by molar-refractivity contribution is 5.71. The van der Waals surface area contributed by atoms with Crippen LogP contribution in [0.1, 0.15) is 50.2 Å². The average Bonchev–Trinajstić information content (AvgIpc) is 2.80. The van der Waals surface area contributed by atoms with Gasteiger partial charge in [-0.1, -0.05) is 74.4 Å². The van der Waals surface area contributed by atoms with Crippen LogP contribution in [0, 0.1) is 5.41 Å². The van der Waals surface area contributed by atoms with Crippen molar-refractivity contribution in [1.82, 2.24) is 0 Å². The van der Waals surface area contributed by atoms with Gasteiger partial charge in [-0.15, -0.1) is 5.73 Å². The molecular formula is C28H36N2. The van der Waals surface area contributed by atoms with Gasteiger partial charge in [0.2, 0.25) is 0 Å². The Labute approximate surface area is 183 Å². The predicted molar refractivity (Wildman–Crippen MR) is 135 cm³/mol. The molecule has 0 radical (unpaired) electrons. The van der Waals surface area contributed by atoms with Gasteiger partial charge in [-0.05, 0) is 61.2 Å². The number of nitrogens with one attached hydrogen (secondary N) is 2. The van der Waals surface area contributed by atoms with Crippen LogP contribution in [0.25, 0.3) is 12.2 Å². The number of allylic oxidation sites excluding steroid dienone is 3. The van der Waals surface area contributed by atoms with Gasteiger partial charge in [-0.2, -0.15) is 0 Å². The van der Waals surface area contributed by atoms with Gasteiger partial charge in [0.1, 0.15) is 0 Å². The Morgan fingerprint density at radius 1 is 0.800 bits per heavy atom. The average molecular weight is 401 g/mol. The van der Waals surface area contributed by atoms with Gasteiger partial charge in [0, 0.05) is 30.9 Å². The van der Waals surface area contributed by atoms with Gasteiger partial charge < -0.3 is 10.6 Å². The second-order valence-electron chi connectivity index (χ2n) is 7.72. The number of hydrogen-bond donors (Lipinski definition) is 2. The lowest BCUT2D eigenvalue weighted by Gasteiger charge is -2.30. The van der Waals surface area contributed by atoms with Crippen molar-refractivity contribution < 1.29 is 0 Å². The van der Waals surface area contributed by atoms with E-state index in [0.717, 1.165) is 11.4 Å². The maximum Gasteiger partial charge on any atom is 0.0337 e. The van der Waals surface area contributed by atoms with Gasteiger partial charge in [-0.25, -0.2) is 0 Å².